The number of carboxylic acids is 1. The summed E-state index contributed by atoms with van der Waals surface area (Å²) in [5.74, 6) is 0.0168. The van der Waals surface area contributed by atoms with Crippen molar-refractivity contribution in [2.45, 2.75) is 15.2 Å². The highest BCUT2D eigenvalue weighted by Gasteiger charge is 2.15. The van der Waals surface area contributed by atoms with Crippen LogP contribution in [0.1, 0.15) is 5.82 Å². The van der Waals surface area contributed by atoms with Gasteiger partial charge in [0.2, 0.25) is 0 Å². The smallest absolute Gasteiger partial charge is 0.196 e. The van der Waals surface area contributed by atoms with Crippen molar-refractivity contribution in [3.05, 3.63) is 60.4 Å². The van der Waals surface area contributed by atoms with Gasteiger partial charge in [-0.05, 0) is 24.3 Å². The quantitative estimate of drug-likeness (QED) is 0.431. The van der Waals surface area contributed by atoms with Crippen LogP contribution in [0.4, 0.5) is 0 Å². The number of aliphatic carboxylic acids is 1. The SMILES string of the molecule is O=C([O-])CSc1nnc(CSc2nc3ccccc3s2)n1-c1ccccc1. The Hall–Kier alpha value is -2.36. The van der Waals surface area contributed by atoms with Crippen molar-refractivity contribution in [2.24, 2.45) is 0 Å². The maximum atomic E-state index is 10.8. The number of rotatable bonds is 7. The average molecular weight is 414 g/mol. The van der Waals surface area contributed by atoms with Crippen molar-refractivity contribution in [3.8, 4) is 5.69 Å². The van der Waals surface area contributed by atoms with E-state index in [0.717, 1.165) is 37.8 Å². The first-order chi connectivity index (χ1) is 13.2. The highest BCUT2D eigenvalue weighted by Crippen LogP contribution is 2.32. The third-order valence-corrected chi connectivity index (χ3v) is 6.71. The Morgan fingerprint density at radius 3 is 2.59 bits per heavy atom. The van der Waals surface area contributed by atoms with Gasteiger partial charge in [0, 0.05) is 11.4 Å². The minimum atomic E-state index is -1.13. The zero-order valence-corrected chi connectivity index (χ0v) is 16.4. The molecule has 0 radical (unpaired) electrons. The molecule has 9 heteroatoms. The van der Waals surface area contributed by atoms with E-state index in [2.05, 4.69) is 21.2 Å². The van der Waals surface area contributed by atoms with Gasteiger partial charge in [-0.1, -0.05) is 53.9 Å². The van der Waals surface area contributed by atoms with E-state index in [-0.39, 0.29) is 5.75 Å². The number of para-hydroxylation sites is 2. The van der Waals surface area contributed by atoms with Crippen molar-refractivity contribution in [1.82, 2.24) is 19.7 Å². The minimum absolute atomic E-state index is 0.171. The first-order valence-corrected chi connectivity index (χ1v) is 10.8. The molecule has 0 saturated heterocycles. The molecule has 0 unspecified atom stereocenters. The highest BCUT2D eigenvalue weighted by atomic mass is 32.2. The van der Waals surface area contributed by atoms with E-state index in [1.165, 1.54) is 0 Å². The zero-order chi connectivity index (χ0) is 18.6. The summed E-state index contributed by atoms with van der Waals surface area (Å²) in [6.07, 6.45) is 0. The van der Waals surface area contributed by atoms with E-state index in [4.69, 9.17) is 0 Å². The third-order valence-electron chi connectivity index (χ3n) is 3.63. The van der Waals surface area contributed by atoms with Crippen LogP contribution in [-0.2, 0) is 10.5 Å². The lowest BCUT2D eigenvalue weighted by atomic mass is 10.3. The van der Waals surface area contributed by atoms with Crippen LogP contribution in [0.3, 0.4) is 0 Å². The summed E-state index contributed by atoms with van der Waals surface area (Å²) < 4.78 is 3.99. The molecule has 0 aliphatic rings. The summed E-state index contributed by atoms with van der Waals surface area (Å²) in [6.45, 7) is 0. The fraction of sp³-hybridized carbons (Fsp3) is 0.111. The van der Waals surface area contributed by atoms with Crippen LogP contribution in [0, 0.1) is 0 Å². The van der Waals surface area contributed by atoms with Crippen LogP contribution in [0.5, 0.6) is 0 Å². The number of carboxylic acid groups (broad SMARTS) is 1. The maximum Gasteiger partial charge on any atom is 0.196 e. The molecule has 2 aromatic carbocycles. The number of hydrogen-bond donors (Lipinski definition) is 0. The van der Waals surface area contributed by atoms with Gasteiger partial charge in [-0.15, -0.1) is 21.5 Å². The fourth-order valence-corrected chi connectivity index (χ4v) is 5.15. The number of nitrogens with zero attached hydrogens (tertiary/aromatic N) is 4. The Labute approximate surface area is 167 Å². The lowest BCUT2D eigenvalue weighted by Gasteiger charge is -2.09. The van der Waals surface area contributed by atoms with Gasteiger partial charge in [0.25, 0.3) is 0 Å². The summed E-state index contributed by atoms with van der Waals surface area (Å²) in [6, 6.07) is 17.7. The van der Waals surface area contributed by atoms with Gasteiger partial charge < -0.3 is 9.90 Å². The Bertz CT molecular complexity index is 1050. The topological polar surface area (TPSA) is 83.7 Å². The molecule has 4 aromatic rings. The molecular formula is C18H13N4O2S3-. The Morgan fingerprint density at radius 2 is 1.81 bits per heavy atom. The Morgan fingerprint density at radius 1 is 1.04 bits per heavy atom. The van der Waals surface area contributed by atoms with Crippen molar-refractivity contribution >= 4 is 51.0 Å². The lowest BCUT2D eigenvalue weighted by molar-refractivity contribution is -0.301. The van der Waals surface area contributed by atoms with E-state index in [9.17, 15) is 9.90 Å². The molecular weight excluding hydrogens is 400 g/mol. The normalized spacial score (nSPS) is 11.1. The molecule has 0 spiro atoms. The predicted molar refractivity (Wildman–Crippen MR) is 106 cm³/mol. The molecule has 2 heterocycles. The number of hydrogen-bond acceptors (Lipinski definition) is 8. The van der Waals surface area contributed by atoms with Crippen molar-refractivity contribution in [1.29, 1.82) is 0 Å². The molecule has 0 aliphatic carbocycles. The Kier molecular flexibility index (Phi) is 5.42. The minimum Gasteiger partial charge on any atom is -0.549 e. The van der Waals surface area contributed by atoms with Gasteiger partial charge in [-0.2, -0.15) is 0 Å². The highest BCUT2D eigenvalue weighted by molar-refractivity contribution is 8.00. The standard InChI is InChI=1S/C18H14N4O2S3/c23-16(24)11-25-17-21-20-15(22(17)12-6-2-1-3-7-12)10-26-18-19-13-8-4-5-9-14(13)27-18/h1-9H,10-11H2,(H,23,24)/p-1. The molecule has 136 valence electrons. The summed E-state index contributed by atoms with van der Waals surface area (Å²) in [4.78, 5) is 15.5. The third kappa shape index (κ3) is 4.15. The van der Waals surface area contributed by atoms with Crippen molar-refractivity contribution < 1.29 is 9.90 Å². The molecule has 0 fully saturated rings. The molecule has 2 aromatic heterocycles. The van der Waals surface area contributed by atoms with Crippen molar-refractivity contribution in [2.75, 3.05) is 5.75 Å². The summed E-state index contributed by atoms with van der Waals surface area (Å²) in [5, 5.41) is 19.8. The number of benzene rings is 2. The van der Waals surface area contributed by atoms with Gasteiger partial charge in [0.05, 0.1) is 21.9 Å². The fourth-order valence-electron chi connectivity index (χ4n) is 2.49. The van der Waals surface area contributed by atoms with E-state index >= 15 is 0 Å². The van der Waals surface area contributed by atoms with Crippen LogP contribution in [0.15, 0.2) is 64.1 Å². The lowest BCUT2D eigenvalue weighted by Crippen LogP contribution is -2.24. The van der Waals surface area contributed by atoms with Gasteiger partial charge in [0.1, 0.15) is 5.82 Å². The first-order valence-electron chi connectivity index (χ1n) is 8.01. The number of carbonyl (C=O) groups excluding carboxylic acids is 1. The summed E-state index contributed by atoms with van der Waals surface area (Å²) >= 11 is 4.34. The number of thioether (sulfide) groups is 2. The number of aromatic nitrogens is 4. The van der Waals surface area contributed by atoms with Gasteiger partial charge in [-0.25, -0.2) is 4.98 Å². The van der Waals surface area contributed by atoms with Crippen LogP contribution in [0.2, 0.25) is 0 Å². The molecule has 0 atom stereocenters. The first kappa shape index (κ1) is 18.0. The molecule has 0 saturated carbocycles. The zero-order valence-electron chi connectivity index (χ0n) is 13.9. The number of thiazole rings is 1. The molecule has 0 aliphatic heterocycles. The van der Waals surface area contributed by atoms with E-state index in [0.29, 0.717) is 10.9 Å². The van der Waals surface area contributed by atoms with Crippen LogP contribution < -0.4 is 5.11 Å². The number of carbonyl (C=O) groups is 1. The monoisotopic (exact) mass is 413 g/mol. The second-order valence-corrected chi connectivity index (χ2v) is 8.66. The largest absolute Gasteiger partial charge is 0.549 e. The van der Waals surface area contributed by atoms with Crippen LogP contribution >= 0.6 is 34.9 Å². The average Bonchev–Trinajstić information content (AvgIpc) is 3.28. The Balaban J connectivity index is 1.60. The number of fused-ring (bicyclic) bond motifs is 1. The molecule has 27 heavy (non-hydrogen) atoms. The van der Waals surface area contributed by atoms with Crippen molar-refractivity contribution in [3.63, 3.8) is 0 Å². The molecule has 4 rings (SSSR count). The summed E-state index contributed by atoms with van der Waals surface area (Å²) in [7, 11) is 0. The van der Waals surface area contributed by atoms with Gasteiger partial charge in [-0.3, -0.25) is 4.57 Å². The van der Waals surface area contributed by atoms with E-state index < -0.39 is 5.97 Å². The molecule has 0 N–H and O–H groups in total. The van der Waals surface area contributed by atoms with Crippen LogP contribution in [-0.4, -0.2) is 31.5 Å². The predicted octanol–water partition coefficient (Wildman–Crippen LogP) is 3.01. The maximum absolute atomic E-state index is 10.8. The second kappa shape index (κ2) is 8.12. The molecule has 0 bridgehead atoms. The van der Waals surface area contributed by atoms with Gasteiger partial charge in [0.15, 0.2) is 9.50 Å². The van der Waals surface area contributed by atoms with E-state index in [1.54, 1.807) is 23.1 Å². The summed E-state index contributed by atoms with van der Waals surface area (Å²) in [5.41, 5.74) is 1.88. The second-order valence-electron chi connectivity index (χ2n) is 5.47. The van der Waals surface area contributed by atoms with Gasteiger partial charge >= 0.3 is 0 Å². The van der Waals surface area contributed by atoms with E-state index in [1.807, 2.05) is 53.1 Å². The molecule has 6 nitrogen and oxygen atoms in total. The van der Waals surface area contributed by atoms with Crippen LogP contribution in [0.25, 0.3) is 15.9 Å². The molecule has 0 amide bonds.